The number of anilines is 2. The van der Waals surface area contributed by atoms with Gasteiger partial charge < -0.3 is 18.8 Å². The zero-order valence-electron chi connectivity index (χ0n) is 17.4. The predicted molar refractivity (Wildman–Crippen MR) is 117 cm³/mol. The van der Waals surface area contributed by atoms with Crippen LogP contribution in [0.3, 0.4) is 0 Å². The fourth-order valence-corrected chi connectivity index (χ4v) is 4.17. The van der Waals surface area contributed by atoms with E-state index >= 15 is 0 Å². The van der Waals surface area contributed by atoms with Crippen molar-refractivity contribution in [3.63, 3.8) is 0 Å². The van der Waals surface area contributed by atoms with Gasteiger partial charge in [-0.25, -0.2) is 9.97 Å². The van der Waals surface area contributed by atoms with Gasteiger partial charge >= 0.3 is 0 Å². The number of rotatable bonds is 2. The first-order valence-electron chi connectivity index (χ1n) is 10.0. The van der Waals surface area contributed by atoms with E-state index in [0.29, 0.717) is 23.6 Å². The van der Waals surface area contributed by atoms with Crippen molar-refractivity contribution in [1.29, 1.82) is 0 Å². The molecule has 0 fully saturated rings. The van der Waals surface area contributed by atoms with Gasteiger partial charge in [-0.2, -0.15) is 0 Å². The van der Waals surface area contributed by atoms with Crippen LogP contribution in [0.2, 0.25) is 0 Å². The molecule has 2 amide bonds. The van der Waals surface area contributed by atoms with E-state index in [2.05, 4.69) is 9.97 Å². The molecule has 0 unspecified atom stereocenters. The molecule has 4 aromatic rings. The lowest BCUT2D eigenvalue weighted by atomic mass is 10.0. The summed E-state index contributed by atoms with van der Waals surface area (Å²) >= 11 is 0. The molecule has 3 aromatic heterocycles. The van der Waals surface area contributed by atoms with Crippen molar-refractivity contribution in [2.24, 2.45) is 7.05 Å². The smallest absolute Gasteiger partial charge is 0.294 e. The summed E-state index contributed by atoms with van der Waals surface area (Å²) in [4.78, 5) is 37.9. The van der Waals surface area contributed by atoms with Crippen LogP contribution in [0.1, 0.15) is 24.4 Å². The Morgan fingerprint density at radius 2 is 1.97 bits per heavy atom. The number of nitrogens with zero attached hydrogens (tertiary/aromatic N) is 5. The number of imidazole rings is 1. The standard InChI is InChI=1S/C23H21N5O3/c1-14-12-27(23(30)21-5-4-10-31-21)20-11-16(6-8-18(20)28(14)15(2)29)17-7-9-19-22(25-17)24-13-26(19)3/h4-11,13-14H,12H2,1-3H3/t14-/m0/s1. The van der Waals surface area contributed by atoms with Crippen LogP contribution in [0.15, 0.2) is 59.5 Å². The van der Waals surface area contributed by atoms with Gasteiger partial charge in [0, 0.05) is 26.1 Å². The summed E-state index contributed by atoms with van der Waals surface area (Å²) in [5.74, 6) is -0.0564. The van der Waals surface area contributed by atoms with Gasteiger partial charge in [0.05, 0.1) is 41.2 Å². The Morgan fingerprint density at radius 3 is 2.71 bits per heavy atom. The summed E-state index contributed by atoms with van der Waals surface area (Å²) in [5, 5.41) is 0. The van der Waals surface area contributed by atoms with Crippen LogP contribution in [0, 0.1) is 0 Å². The molecule has 4 heterocycles. The second-order valence-corrected chi connectivity index (χ2v) is 7.73. The number of fused-ring (bicyclic) bond motifs is 2. The minimum Gasteiger partial charge on any atom is -0.459 e. The van der Waals surface area contributed by atoms with Crippen LogP contribution < -0.4 is 9.80 Å². The molecule has 8 heteroatoms. The van der Waals surface area contributed by atoms with Crippen molar-refractivity contribution in [3.05, 3.63) is 60.8 Å². The molecule has 1 aliphatic heterocycles. The lowest BCUT2D eigenvalue weighted by Gasteiger charge is -2.40. The minimum absolute atomic E-state index is 0.0698. The van der Waals surface area contributed by atoms with Crippen molar-refractivity contribution in [3.8, 4) is 11.3 Å². The zero-order valence-corrected chi connectivity index (χ0v) is 17.4. The van der Waals surface area contributed by atoms with Gasteiger partial charge in [0.2, 0.25) is 5.91 Å². The molecule has 8 nitrogen and oxygen atoms in total. The van der Waals surface area contributed by atoms with Gasteiger partial charge in [0.15, 0.2) is 11.4 Å². The summed E-state index contributed by atoms with van der Waals surface area (Å²) in [6.07, 6.45) is 3.20. The Hall–Kier alpha value is -3.94. The number of aromatic nitrogens is 3. The van der Waals surface area contributed by atoms with Crippen molar-refractivity contribution >= 4 is 34.4 Å². The minimum atomic E-state index is -0.244. The van der Waals surface area contributed by atoms with Gasteiger partial charge in [0.25, 0.3) is 5.91 Å². The number of benzene rings is 1. The number of carbonyl (C=O) groups is 2. The molecular formula is C23H21N5O3. The first-order chi connectivity index (χ1) is 14.9. The van der Waals surface area contributed by atoms with Gasteiger partial charge in [-0.3, -0.25) is 9.59 Å². The number of aryl methyl sites for hydroxylation is 1. The summed E-state index contributed by atoms with van der Waals surface area (Å²) in [5.41, 5.74) is 4.51. The number of hydrogen-bond acceptors (Lipinski definition) is 5. The van der Waals surface area contributed by atoms with Crippen molar-refractivity contribution in [2.75, 3.05) is 16.3 Å². The molecule has 0 N–H and O–H groups in total. The SMILES string of the molecule is CC(=O)N1c2ccc(-c3ccc4c(ncn4C)n3)cc2N(C(=O)c2ccco2)C[C@@H]1C. The van der Waals surface area contributed by atoms with Crippen molar-refractivity contribution in [2.45, 2.75) is 19.9 Å². The third kappa shape index (κ3) is 3.07. The molecule has 1 aromatic carbocycles. The van der Waals surface area contributed by atoms with Crippen LogP contribution in [0.25, 0.3) is 22.4 Å². The summed E-state index contributed by atoms with van der Waals surface area (Å²) in [7, 11) is 1.92. The van der Waals surface area contributed by atoms with Gasteiger partial charge in [0.1, 0.15) is 0 Å². The lowest BCUT2D eigenvalue weighted by Crippen LogP contribution is -2.51. The zero-order chi connectivity index (χ0) is 21.7. The highest BCUT2D eigenvalue weighted by Gasteiger charge is 2.35. The summed E-state index contributed by atoms with van der Waals surface area (Å²) in [6, 6.07) is 12.7. The van der Waals surface area contributed by atoms with E-state index in [9.17, 15) is 9.59 Å². The molecule has 0 radical (unpaired) electrons. The molecule has 0 saturated carbocycles. The summed E-state index contributed by atoms with van der Waals surface area (Å²) < 4.78 is 7.26. The van der Waals surface area contributed by atoms with E-state index in [1.54, 1.807) is 28.3 Å². The largest absolute Gasteiger partial charge is 0.459 e. The Kier molecular flexibility index (Phi) is 4.35. The fraction of sp³-hybridized carbons (Fsp3) is 0.217. The Bertz CT molecular complexity index is 1310. The maximum absolute atomic E-state index is 13.2. The van der Waals surface area contributed by atoms with Crippen molar-refractivity contribution < 1.29 is 14.0 Å². The second kappa shape index (κ2) is 7.09. The molecule has 0 bridgehead atoms. The van der Waals surface area contributed by atoms with E-state index in [1.165, 1.54) is 13.2 Å². The van der Waals surface area contributed by atoms with Crippen LogP contribution in [0.4, 0.5) is 11.4 Å². The normalized spacial score (nSPS) is 15.9. The van der Waals surface area contributed by atoms with E-state index in [0.717, 1.165) is 16.8 Å². The molecule has 0 saturated heterocycles. The highest BCUT2D eigenvalue weighted by Crippen LogP contribution is 2.39. The number of carbonyl (C=O) groups excluding carboxylic acids is 2. The van der Waals surface area contributed by atoms with Gasteiger partial charge in [-0.1, -0.05) is 6.07 Å². The molecule has 5 rings (SSSR count). The molecule has 156 valence electrons. The third-order valence-electron chi connectivity index (χ3n) is 5.61. The average molecular weight is 415 g/mol. The highest BCUT2D eigenvalue weighted by atomic mass is 16.3. The van der Waals surface area contributed by atoms with E-state index in [4.69, 9.17) is 4.42 Å². The predicted octanol–water partition coefficient (Wildman–Crippen LogP) is 3.63. The van der Waals surface area contributed by atoms with Crippen LogP contribution in [0.5, 0.6) is 0 Å². The molecular weight excluding hydrogens is 394 g/mol. The van der Waals surface area contributed by atoms with E-state index in [1.807, 2.05) is 48.9 Å². The molecule has 31 heavy (non-hydrogen) atoms. The number of amides is 2. The van der Waals surface area contributed by atoms with E-state index in [-0.39, 0.29) is 23.6 Å². The lowest BCUT2D eigenvalue weighted by molar-refractivity contribution is -0.117. The van der Waals surface area contributed by atoms with Crippen LogP contribution in [-0.2, 0) is 11.8 Å². The second-order valence-electron chi connectivity index (χ2n) is 7.73. The summed E-state index contributed by atoms with van der Waals surface area (Å²) in [6.45, 7) is 3.83. The highest BCUT2D eigenvalue weighted by molar-refractivity contribution is 6.10. The van der Waals surface area contributed by atoms with Gasteiger partial charge in [-0.15, -0.1) is 0 Å². The van der Waals surface area contributed by atoms with Crippen LogP contribution in [-0.4, -0.2) is 38.9 Å². The molecule has 1 atom stereocenters. The fourth-order valence-electron chi connectivity index (χ4n) is 4.17. The van der Waals surface area contributed by atoms with Gasteiger partial charge in [-0.05, 0) is 43.3 Å². The van der Waals surface area contributed by atoms with Crippen molar-refractivity contribution in [1.82, 2.24) is 14.5 Å². The monoisotopic (exact) mass is 415 g/mol. The first kappa shape index (κ1) is 19.0. The Balaban J connectivity index is 1.64. The molecule has 1 aliphatic rings. The van der Waals surface area contributed by atoms with Crippen LogP contribution >= 0.6 is 0 Å². The van der Waals surface area contributed by atoms with E-state index < -0.39 is 0 Å². The third-order valence-corrected chi connectivity index (χ3v) is 5.61. The maximum atomic E-state index is 13.2. The molecule has 0 spiro atoms. The number of furan rings is 1. The number of pyridine rings is 1. The Morgan fingerprint density at radius 1 is 1.13 bits per heavy atom. The maximum Gasteiger partial charge on any atom is 0.294 e. The first-order valence-corrected chi connectivity index (χ1v) is 10.0. The topological polar surface area (TPSA) is 84.5 Å². The molecule has 0 aliphatic carbocycles. The average Bonchev–Trinajstić information content (AvgIpc) is 3.42. The quantitative estimate of drug-likeness (QED) is 0.499. The Labute approximate surface area is 178 Å². The number of hydrogen-bond donors (Lipinski definition) is 0.